The molecule has 1 saturated heterocycles. The van der Waals surface area contributed by atoms with E-state index in [1.165, 1.54) is 52.2 Å². The van der Waals surface area contributed by atoms with Crippen molar-refractivity contribution in [2.45, 2.75) is 13.3 Å². The van der Waals surface area contributed by atoms with Gasteiger partial charge in [-0.25, -0.2) is 0 Å². The molecule has 0 atom stereocenters. The minimum absolute atomic E-state index is 1.19. The summed E-state index contributed by atoms with van der Waals surface area (Å²) in [6.45, 7) is 10.8. The van der Waals surface area contributed by atoms with Gasteiger partial charge in [-0.15, -0.1) is 0 Å². The molecule has 0 aromatic carbocycles. The smallest absolute Gasteiger partial charge is 0.0109 e. The molecule has 1 aliphatic heterocycles. The first-order valence-corrected chi connectivity index (χ1v) is 5.82. The third kappa shape index (κ3) is 4.40. The maximum atomic E-state index is 2.55. The topological polar surface area (TPSA) is 9.72 Å². The summed E-state index contributed by atoms with van der Waals surface area (Å²) in [5.41, 5.74) is 0. The summed E-state index contributed by atoms with van der Waals surface area (Å²) >= 11 is 0. The van der Waals surface area contributed by atoms with Gasteiger partial charge < -0.3 is 14.7 Å². The van der Waals surface area contributed by atoms with E-state index in [0.29, 0.717) is 0 Å². The van der Waals surface area contributed by atoms with E-state index in [9.17, 15) is 0 Å². The Bertz CT molecular complexity index is 149. The molecule has 84 valence electrons. The van der Waals surface area contributed by atoms with Gasteiger partial charge in [0.15, 0.2) is 0 Å². The lowest BCUT2D eigenvalue weighted by molar-refractivity contribution is 0.183. The fourth-order valence-corrected chi connectivity index (χ4v) is 1.87. The van der Waals surface area contributed by atoms with Crippen LogP contribution < -0.4 is 0 Å². The molecule has 0 aromatic heterocycles. The molecule has 0 aromatic rings. The Labute approximate surface area is 88.7 Å². The van der Waals surface area contributed by atoms with Crippen LogP contribution in [0.1, 0.15) is 13.3 Å². The summed E-state index contributed by atoms with van der Waals surface area (Å²) in [6, 6.07) is 0. The van der Waals surface area contributed by atoms with Gasteiger partial charge in [0, 0.05) is 26.2 Å². The fraction of sp³-hybridized carbons (Fsp3) is 1.00. The minimum Gasteiger partial charge on any atom is -0.305 e. The van der Waals surface area contributed by atoms with Gasteiger partial charge in [0.05, 0.1) is 0 Å². The van der Waals surface area contributed by atoms with E-state index < -0.39 is 0 Å². The Balaban J connectivity index is 2.36. The van der Waals surface area contributed by atoms with E-state index in [0.717, 1.165) is 0 Å². The monoisotopic (exact) mass is 199 g/mol. The molecule has 3 heteroatoms. The first-order valence-electron chi connectivity index (χ1n) is 5.82. The van der Waals surface area contributed by atoms with Crippen molar-refractivity contribution in [1.82, 2.24) is 14.7 Å². The van der Waals surface area contributed by atoms with Crippen molar-refractivity contribution in [2.24, 2.45) is 0 Å². The highest BCUT2D eigenvalue weighted by atomic mass is 15.2. The lowest BCUT2D eigenvalue weighted by Crippen LogP contribution is -2.40. The average Bonchev–Trinajstić information content (AvgIpc) is 2.19. The lowest BCUT2D eigenvalue weighted by Gasteiger charge is -2.29. The van der Waals surface area contributed by atoms with Crippen LogP contribution >= 0.6 is 0 Å². The van der Waals surface area contributed by atoms with E-state index in [2.05, 4.69) is 35.7 Å². The van der Waals surface area contributed by atoms with Gasteiger partial charge in [-0.05, 0) is 40.2 Å². The molecule has 14 heavy (non-hydrogen) atoms. The van der Waals surface area contributed by atoms with Crippen LogP contribution in [0, 0.1) is 0 Å². The third-order valence-electron chi connectivity index (χ3n) is 3.12. The largest absolute Gasteiger partial charge is 0.305 e. The van der Waals surface area contributed by atoms with Gasteiger partial charge in [0.25, 0.3) is 0 Å². The van der Waals surface area contributed by atoms with Crippen molar-refractivity contribution in [3.05, 3.63) is 0 Å². The molecule has 0 saturated carbocycles. The highest BCUT2D eigenvalue weighted by molar-refractivity contribution is 4.65. The van der Waals surface area contributed by atoms with Crippen molar-refractivity contribution < 1.29 is 0 Å². The molecule has 0 radical (unpaired) electrons. The third-order valence-corrected chi connectivity index (χ3v) is 3.12. The molecule has 0 aliphatic carbocycles. The maximum absolute atomic E-state index is 2.55. The predicted octanol–water partition coefficient (Wildman–Crippen LogP) is 0.576. The van der Waals surface area contributed by atoms with Crippen LogP contribution in [0.5, 0.6) is 0 Å². The quantitative estimate of drug-likeness (QED) is 0.611. The highest BCUT2D eigenvalue weighted by Gasteiger charge is 2.08. The number of nitrogens with zero attached hydrogens (tertiary/aromatic N) is 3. The summed E-state index contributed by atoms with van der Waals surface area (Å²) in [5, 5.41) is 0. The van der Waals surface area contributed by atoms with Crippen LogP contribution in [0.2, 0.25) is 0 Å². The van der Waals surface area contributed by atoms with Crippen molar-refractivity contribution in [1.29, 1.82) is 0 Å². The second-order valence-corrected chi connectivity index (χ2v) is 4.39. The van der Waals surface area contributed by atoms with Gasteiger partial charge in [-0.1, -0.05) is 6.92 Å². The summed E-state index contributed by atoms with van der Waals surface area (Å²) in [5.74, 6) is 0. The summed E-state index contributed by atoms with van der Waals surface area (Å²) in [4.78, 5) is 7.43. The molecule has 1 aliphatic rings. The Morgan fingerprint density at radius 1 is 0.786 bits per heavy atom. The normalized spacial score (nSPS) is 25.1. The summed E-state index contributed by atoms with van der Waals surface area (Å²) in [6.07, 6.45) is 1.31. The van der Waals surface area contributed by atoms with Crippen molar-refractivity contribution >= 4 is 0 Å². The second-order valence-electron chi connectivity index (χ2n) is 4.39. The van der Waals surface area contributed by atoms with E-state index in [-0.39, 0.29) is 0 Å². The predicted molar refractivity (Wildman–Crippen MR) is 61.7 cm³/mol. The molecule has 1 fully saturated rings. The van der Waals surface area contributed by atoms with E-state index >= 15 is 0 Å². The van der Waals surface area contributed by atoms with E-state index in [1.54, 1.807) is 0 Å². The fourth-order valence-electron chi connectivity index (χ4n) is 1.87. The van der Waals surface area contributed by atoms with E-state index in [4.69, 9.17) is 0 Å². The van der Waals surface area contributed by atoms with Gasteiger partial charge in [-0.3, -0.25) is 0 Å². The number of hydrogen-bond donors (Lipinski definition) is 0. The molecule has 3 nitrogen and oxygen atoms in total. The van der Waals surface area contributed by atoms with Crippen LogP contribution in [0.4, 0.5) is 0 Å². The van der Waals surface area contributed by atoms with Crippen LogP contribution in [-0.4, -0.2) is 74.6 Å². The van der Waals surface area contributed by atoms with Crippen molar-refractivity contribution in [3.8, 4) is 0 Å². The second kappa shape index (κ2) is 6.38. The van der Waals surface area contributed by atoms with E-state index in [1.807, 2.05) is 0 Å². The first kappa shape index (κ1) is 12.0. The Morgan fingerprint density at radius 2 is 1.36 bits per heavy atom. The number of rotatable bonds is 1. The average molecular weight is 199 g/mol. The summed E-state index contributed by atoms with van der Waals surface area (Å²) in [7, 11) is 4.45. The van der Waals surface area contributed by atoms with Crippen LogP contribution in [0.3, 0.4) is 0 Å². The van der Waals surface area contributed by atoms with Crippen LogP contribution in [-0.2, 0) is 0 Å². The molecule has 1 heterocycles. The zero-order valence-electron chi connectivity index (χ0n) is 10.00. The van der Waals surface area contributed by atoms with Crippen LogP contribution in [0.15, 0.2) is 0 Å². The zero-order chi connectivity index (χ0) is 10.4. The molecular formula is C11H25N3. The highest BCUT2D eigenvalue weighted by Crippen LogP contribution is 1.98. The maximum Gasteiger partial charge on any atom is 0.0109 e. The molecule has 0 bridgehead atoms. The van der Waals surface area contributed by atoms with Gasteiger partial charge in [-0.2, -0.15) is 0 Å². The molecule has 0 spiro atoms. The van der Waals surface area contributed by atoms with Crippen LogP contribution in [0.25, 0.3) is 0 Å². The molecular weight excluding hydrogens is 174 g/mol. The lowest BCUT2D eigenvalue weighted by atomic mass is 10.3. The summed E-state index contributed by atoms with van der Waals surface area (Å²) < 4.78 is 0. The first-order chi connectivity index (χ1) is 6.72. The Kier molecular flexibility index (Phi) is 5.45. The molecule has 0 amide bonds. The Morgan fingerprint density at radius 3 is 2.00 bits per heavy atom. The van der Waals surface area contributed by atoms with Crippen molar-refractivity contribution in [3.63, 3.8) is 0 Å². The molecule has 0 unspecified atom stereocenters. The molecule has 1 rings (SSSR count). The number of hydrogen-bond acceptors (Lipinski definition) is 3. The minimum atomic E-state index is 1.19. The Hall–Kier alpha value is -0.120. The standard InChI is InChI=1S/C11H25N3/c1-4-14-7-5-6-12(2)8-9-13(3)10-11-14/h4-11H2,1-3H3. The van der Waals surface area contributed by atoms with Gasteiger partial charge in [0.1, 0.15) is 0 Å². The SMILES string of the molecule is CCN1CCCN(C)CCN(C)CC1. The van der Waals surface area contributed by atoms with Gasteiger partial charge >= 0.3 is 0 Å². The molecule has 0 N–H and O–H groups in total. The number of likely N-dealkylation sites (N-methyl/N-ethyl adjacent to an activating group) is 3. The van der Waals surface area contributed by atoms with Crippen molar-refractivity contribution in [2.75, 3.05) is 59.9 Å². The zero-order valence-corrected chi connectivity index (χ0v) is 10.00. The van der Waals surface area contributed by atoms with Gasteiger partial charge in [0.2, 0.25) is 0 Å².